The number of hydrogen-bond donors (Lipinski definition) is 1. The lowest BCUT2D eigenvalue weighted by atomic mass is 10.1. The van der Waals surface area contributed by atoms with E-state index in [-0.39, 0.29) is 17.4 Å². The van der Waals surface area contributed by atoms with Crippen molar-refractivity contribution in [2.75, 3.05) is 12.3 Å². The van der Waals surface area contributed by atoms with Gasteiger partial charge in [-0.25, -0.2) is 0 Å². The summed E-state index contributed by atoms with van der Waals surface area (Å²) < 4.78 is 1.49. The van der Waals surface area contributed by atoms with Crippen molar-refractivity contribution in [2.45, 2.75) is 32.2 Å². The van der Waals surface area contributed by atoms with Crippen LogP contribution in [0.2, 0.25) is 0 Å². The van der Waals surface area contributed by atoms with Gasteiger partial charge in [0, 0.05) is 43.9 Å². The minimum atomic E-state index is -0.134. The Hall–Kier alpha value is -2.11. The Labute approximate surface area is 110 Å². The van der Waals surface area contributed by atoms with Gasteiger partial charge in [-0.2, -0.15) is 0 Å². The second-order valence-corrected chi connectivity index (χ2v) is 4.64. The third kappa shape index (κ3) is 3.21. The van der Waals surface area contributed by atoms with Crippen LogP contribution in [0, 0.1) is 0 Å². The highest BCUT2D eigenvalue weighted by molar-refractivity contribution is 5.97. The summed E-state index contributed by atoms with van der Waals surface area (Å²) in [6, 6.07) is 2.96. The number of nitrogen functional groups attached to an aromatic ring is 1. The number of hydrogen-bond acceptors (Lipinski definition) is 4. The quantitative estimate of drug-likeness (QED) is 0.795. The molecule has 0 saturated carbocycles. The first-order valence-corrected chi connectivity index (χ1v) is 6.37. The maximum Gasteiger partial charge on any atom is 0.250 e. The van der Waals surface area contributed by atoms with Crippen molar-refractivity contribution in [3.8, 4) is 0 Å². The van der Waals surface area contributed by atoms with Gasteiger partial charge in [0.15, 0.2) is 0 Å². The normalized spacial score (nSPS) is 15.9. The topological polar surface area (TPSA) is 85.4 Å². The molecule has 2 heterocycles. The number of carbonyl (C=O) groups is 2. The lowest BCUT2D eigenvalue weighted by Crippen LogP contribution is -2.41. The van der Waals surface area contributed by atoms with E-state index in [1.165, 1.54) is 15.5 Å². The predicted octanol–water partition coefficient (Wildman–Crippen LogP) is 0.360. The molecule has 1 aromatic heterocycles. The number of amides is 2. The van der Waals surface area contributed by atoms with Crippen LogP contribution in [0.3, 0.4) is 0 Å². The summed E-state index contributed by atoms with van der Waals surface area (Å²) in [4.78, 5) is 36.0. The average molecular weight is 263 g/mol. The first kappa shape index (κ1) is 13.3. The minimum absolute atomic E-state index is 0.115. The SMILES string of the molecule is Nc1ccc(=O)n(CCCN2C(=O)CCCC2=O)c1. The van der Waals surface area contributed by atoms with E-state index in [4.69, 9.17) is 5.73 Å². The van der Waals surface area contributed by atoms with Gasteiger partial charge in [-0.1, -0.05) is 0 Å². The van der Waals surface area contributed by atoms with Crippen molar-refractivity contribution in [3.63, 3.8) is 0 Å². The monoisotopic (exact) mass is 263 g/mol. The van der Waals surface area contributed by atoms with Crippen molar-refractivity contribution >= 4 is 17.5 Å². The molecule has 0 aromatic carbocycles. The third-order valence-corrected chi connectivity index (χ3v) is 3.17. The third-order valence-electron chi connectivity index (χ3n) is 3.17. The first-order chi connectivity index (χ1) is 9.08. The molecule has 2 N–H and O–H groups in total. The highest BCUT2D eigenvalue weighted by Crippen LogP contribution is 2.12. The minimum Gasteiger partial charge on any atom is -0.398 e. The maximum atomic E-state index is 11.6. The van der Waals surface area contributed by atoms with Gasteiger partial charge in [0.05, 0.1) is 0 Å². The largest absolute Gasteiger partial charge is 0.398 e. The number of anilines is 1. The fourth-order valence-electron chi connectivity index (χ4n) is 2.17. The summed E-state index contributed by atoms with van der Waals surface area (Å²) in [6.07, 6.45) is 3.64. The molecule has 19 heavy (non-hydrogen) atoms. The molecule has 1 aliphatic rings. The molecule has 0 aliphatic carbocycles. The number of aryl methyl sites for hydroxylation is 1. The van der Waals surface area contributed by atoms with Gasteiger partial charge in [0.2, 0.25) is 11.8 Å². The summed E-state index contributed by atoms with van der Waals surface area (Å²) in [5.41, 5.74) is 5.99. The molecule has 1 saturated heterocycles. The second kappa shape index (κ2) is 5.69. The number of rotatable bonds is 4. The van der Waals surface area contributed by atoms with Crippen molar-refractivity contribution in [1.29, 1.82) is 0 Å². The van der Waals surface area contributed by atoms with Crippen LogP contribution in [0.15, 0.2) is 23.1 Å². The Balaban J connectivity index is 1.92. The van der Waals surface area contributed by atoms with E-state index in [2.05, 4.69) is 0 Å². The van der Waals surface area contributed by atoms with Crippen molar-refractivity contribution in [1.82, 2.24) is 9.47 Å². The van der Waals surface area contributed by atoms with Gasteiger partial charge >= 0.3 is 0 Å². The molecule has 6 nitrogen and oxygen atoms in total. The molecule has 0 unspecified atom stereocenters. The molecule has 2 amide bonds. The van der Waals surface area contributed by atoms with E-state index in [0.717, 1.165) is 0 Å². The van der Waals surface area contributed by atoms with Crippen molar-refractivity contribution in [2.24, 2.45) is 0 Å². The van der Waals surface area contributed by atoms with Crippen LogP contribution in [0.5, 0.6) is 0 Å². The predicted molar refractivity (Wildman–Crippen MR) is 70.3 cm³/mol. The fourth-order valence-corrected chi connectivity index (χ4v) is 2.17. The fraction of sp³-hybridized carbons (Fsp3) is 0.462. The van der Waals surface area contributed by atoms with E-state index in [1.807, 2.05) is 0 Å². The van der Waals surface area contributed by atoms with E-state index < -0.39 is 0 Å². The molecule has 1 aromatic rings. The Morgan fingerprint density at radius 1 is 1.05 bits per heavy atom. The molecule has 6 heteroatoms. The first-order valence-electron chi connectivity index (χ1n) is 6.37. The van der Waals surface area contributed by atoms with Crippen LogP contribution in [0.4, 0.5) is 5.69 Å². The Bertz CT molecular complexity index is 534. The van der Waals surface area contributed by atoms with Gasteiger partial charge in [0.25, 0.3) is 5.56 Å². The highest BCUT2D eigenvalue weighted by Gasteiger charge is 2.24. The highest BCUT2D eigenvalue weighted by atomic mass is 16.2. The van der Waals surface area contributed by atoms with Crippen LogP contribution in [0.25, 0.3) is 0 Å². The summed E-state index contributed by atoms with van der Waals surface area (Å²) in [5.74, 6) is -0.229. The summed E-state index contributed by atoms with van der Waals surface area (Å²) in [7, 11) is 0. The number of imide groups is 1. The van der Waals surface area contributed by atoms with Gasteiger partial charge in [-0.15, -0.1) is 0 Å². The molecule has 102 valence electrons. The molecule has 0 atom stereocenters. The van der Waals surface area contributed by atoms with E-state index in [9.17, 15) is 14.4 Å². The Kier molecular flexibility index (Phi) is 3.99. The molecule has 1 aliphatic heterocycles. The van der Waals surface area contributed by atoms with E-state index >= 15 is 0 Å². The second-order valence-electron chi connectivity index (χ2n) is 4.64. The Morgan fingerprint density at radius 3 is 2.42 bits per heavy atom. The zero-order chi connectivity index (χ0) is 13.8. The Morgan fingerprint density at radius 2 is 1.74 bits per heavy atom. The van der Waals surface area contributed by atoms with Gasteiger partial charge in [0.1, 0.15) is 0 Å². The van der Waals surface area contributed by atoms with Crippen molar-refractivity contribution in [3.05, 3.63) is 28.7 Å². The average Bonchev–Trinajstić information content (AvgIpc) is 2.37. The number of pyridine rings is 1. The van der Waals surface area contributed by atoms with E-state index in [0.29, 0.717) is 44.5 Å². The summed E-state index contributed by atoms with van der Waals surface area (Å²) >= 11 is 0. The standard InChI is InChI=1S/C13H17N3O3/c14-10-5-6-11(17)15(9-10)7-2-8-16-12(18)3-1-4-13(16)19/h5-6,9H,1-4,7-8,14H2. The van der Waals surface area contributed by atoms with Gasteiger partial charge < -0.3 is 10.3 Å². The van der Waals surface area contributed by atoms with Crippen LogP contribution >= 0.6 is 0 Å². The molecule has 0 radical (unpaired) electrons. The van der Waals surface area contributed by atoms with Crippen LogP contribution in [-0.2, 0) is 16.1 Å². The molecular weight excluding hydrogens is 246 g/mol. The van der Waals surface area contributed by atoms with Crippen LogP contribution in [0.1, 0.15) is 25.7 Å². The zero-order valence-electron chi connectivity index (χ0n) is 10.7. The molecule has 1 fully saturated rings. The number of likely N-dealkylation sites (tertiary alicyclic amines) is 1. The van der Waals surface area contributed by atoms with Crippen molar-refractivity contribution < 1.29 is 9.59 Å². The lowest BCUT2D eigenvalue weighted by Gasteiger charge is -2.24. The number of carbonyl (C=O) groups excluding carboxylic acids is 2. The molecule has 0 bridgehead atoms. The van der Waals surface area contributed by atoms with Gasteiger partial charge in [-0.3, -0.25) is 19.3 Å². The number of aromatic nitrogens is 1. The lowest BCUT2D eigenvalue weighted by molar-refractivity contribution is -0.148. The van der Waals surface area contributed by atoms with Crippen LogP contribution < -0.4 is 11.3 Å². The van der Waals surface area contributed by atoms with Gasteiger partial charge in [-0.05, 0) is 18.9 Å². The smallest absolute Gasteiger partial charge is 0.250 e. The number of piperidine rings is 1. The molecular formula is C13H17N3O3. The zero-order valence-corrected chi connectivity index (χ0v) is 10.7. The summed E-state index contributed by atoms with van der Waals surface area (Å²) in [5, 5.41) is 0. The summed E-state index contributed by atoms with van der Waals surface area (Å²) in [6.45, 7) is 0.805. The maximum absolute atomic E-state index is 11.6. The number of nitrogens with zero attached hydrogens (tertiary/aromatic N) is 2. The number of nitrogens with two attached hydrogens (primary N) is 1. The molecule has 0 spiro atoms. The van der Waals surface area contributed by atoms with E-state index in [1.54, 1.807) is 12.3 Å². The van der Waals surface area contributed by atoms with Crippen LogP contribution in [-0.4, -0.2) is 27.8 Å². The molecule has 2 rings (SSSR count).